The first-order chi connectivity index (χ1) is 9.07. The molecule has 0 aromatic carbocycles. The molecule has 0 spiro atoms. The van der Waals surface area contributed by atoms with Crippen molar-refractivity contribution in [1.29, 1.82) is 0 Å². The van der Waals surface area contributed by atoms with Crippen LogP contribution >= 0.6 is 0 Å². The molecule has 0 radical (unpaired) electrons. The lowest BCUT2D eigenvalue weighted by molar-refractivity contribution is -0.149. The van der Waals surface area contributed by atoms with E-state index in [1.54, 1.807) is 0 Å². The van der Waals surface area contributed by atoms with Crippen molar-refractivity contribution in [2.24, 2.45) is 5.73 Å². The van der Waals surface area contributed by atoms with Gasteiger partial charge < -0.3 is 15.2 Å². The number of esters is 1. The van der Waals surface area contributed by atoms with Crippen molar-refractivity contribution in [2.45, 2.75) is 51.1 Å². The lowest BCUT2D eigenvalue weighted by Gasteiger charge is -2.40. The van der Waals surface area contributed by atoms with Gasteiger partial charge in [-0.15, -0.1) is 0 Å². The Balaban J connectivity index is 2.58. The third-order valence-corrected chi connectivity index (χ3v) is 4.00. The van der Waals surface area contributed by atoms with E-state index < -0.39 is 5.54 Å². The Bertz CT molecular complexity index is 286. The van der Waals surface area contributed by atoms with Gasteiger partial charge in [0.25, 0.3) is 0 Å². The summed E-state index contributed by atoms with van der Waals surface area (Å²) in [5.74, 6) is -0.280. The van der Waals surface area contributed by atoms with Gasteiger partial charge in [-0.05, 0) is 39.2 Å². The van der Waals surface area contributed by atoms with Crippen LogP contribution in [0.2, 0.25) is 0 Å². The van der Waals surface area contributed by atoms with Gasteiger partial charge in [0.05, 0.1) is 13.7 Å². The summed E-state index contributed by atoms with van der Waals surface area (Å²) in [4.78, 5) is 14.2. The second kappa shape index (κ2) is 7.82. The zero-order chi connectivity index (χ0) is 14.3. The fourth-order valence-corrected chi connectivity index (χ4v) is 2.90. The van der Waals surface area contributed by atoms with Gasteiger partial charge >= 0.3 is 5.97 Å². The molecule has 0 bridgehead atoms. The maximum atomic E-state index is 11.8. The normalized spacial score (nSPS) is 27.5. The van der Waals surface area contributed by atoms with Crippen molar-refractivity contribution < 1.29 is 14.3 Å². The highest BCUT2D eigenvalue weighted by molar-refractivity contribution is 5.80. The Kier molecular flexibility index (Phi) is 6.75. The molecule has 0 heterocycles. The van der Waals surface area contributed by atoms with Gasteiger partial charge in [0.2, 0.25) is 0 Å². The van der Waals surface area contributed by atoms with Gasteiger partial charge in [-0.25, -0.2) is 0 Å². The molecule has 19 heavy (non-hydrogen) atoms. The molecule has 2 unspecified atom stereocenters. The molecule has 1 aliphatic rings. The molecule has 1 fully saturated rings. The third-order valence-electron chi connectivity index (χ3n) is 4.00. The Morgan fingerprint density at radius 2 is 2.21 bits per heavy atom. The van der Waals surface area contributed by atoms with Crippen LogP contribution in [-0.2, 0) is 14.3 Å². The number of hydrogen-bond acceptors (Lipinski definition) is 5. The number of hydrogen-bond donors (Lipinski definition) is 1. The van der Waals surface area contributed by atoms with E-state index >= 15 is 0 Å². The maximum Gasteiger partial charge on any atom is 0.325 e. The maximum absolute atomic E-state index is 11.8. The van der Waals surface area contributed by atoms with Gasteiger partial charge in [0.1, 0.15) is 5.54 Å². The van der Waals surface area contributed by atoms with Crippen LogP contribution in [-0.4, -0.2) is 55.9 Å². The molecule has 5 nitrogen and oxygen atoms in total. The smallest absolute Gasteiger partial charge is 0.325 e. The average molecular weight is 272 g/mol. The van der Waals surface area contributed by atoms with Crippen molar-refractivity contribution in [3.63, 3.8) is 0 Å². The molecule has 1 aliphatic carbocycles. The summed E-state index contributed by atoms with van der Waals surface area (Å²) in [6.07, 6.45) is 3.47. The lowest BCUT2D eigenvalue weighted by atomic mass is 9.79. The second-order valence-corrected chi connectivity index (χ2v) is 5.22. The van der Waals surface area contributed by atoms with Gasteiger partial charge in [0, 0.05) is 19.2 Å². The van der Waals surface area contributed by atoms with Gasteiger partial charge in [-0.1, -0.05) is 6.92 Å². The van der Waals surface area contributed by atoms with E-state index in [2.05, 4.69) is 11.8 Å². The predicted molar refractivity (Wildman–Crippen MR) is 74.9 cm³/mol. The number of ether oxygens (including phenoxy) is 2. The summed E-state index contributed by atoms with van der Waals surface area (Å²) >= 11 is 0. The first-order valence-corrected chi connectivity index (χ1v) is 7.26. The topological polar surface area (TPSA) is 64.8 Å². The highest BCUT2D eigenvalue weighted by atomic mass is 16.5. The standard InChI is InChI=1S/C14H28N2O3/c1-4-16(9-10-19-5-2)12-7-6-8-14(15,11-12)13(17)18-3/h12H,4-11,15H2,1-3H3. The fraction of sp³-hybridized carbons (Fsp3) is 0.929. The van der Waals surface area contributed by atoms with E-state index in [4.69, 9.17) is 15.2 Å². The lowest BCUT2D eigenvalue weighted by Crippen LogP contribution is -2.56. The highest BCUT2D eigenvalue weighted by Gasteiger charge is 2.41. The van der Waals surface area contributed by atoms with Crippen molar-refractivity contribution >= 4 is 5.97 Å². The quantitative estimate of drug-likeness (QED) is 0.556. The zero-order valence-electron chi connectivity index (χ0n) is 12.5. The first kappa shape index (κ1) is 16.4. The minimum atomic E-state index is -0.809. The summed E-state index contributed by atoms with van der Waals surface area (Å²) in [7, 11) is 1.41. The van der Waals surface area contributed by atoms with Crippen molar-refractivity contribution in [2.75, 3.05) is 33.4 Å². The molecule has 1 rings (SSSR count). The van der Waals surface area contributed by atoms with E-state index in [1.807, 2.05) is 6.92 Å². The molecular formula is C14H28N2O3. The monoisotopic (exact) mass is 272 g/mol. The largest absolute Gasteiger partial charge is 0.468 e. The van der Waals surface area contributed by atoms with Crippen LogP contribution in [0, 0.1) is 0 Å². The summed E-state index contributed by atoms with van der Waals surface area (Å²) in [5, 5.41) is 0. The summed E-state index contributed by atoms with van der Waals surface area (Å²) < 4.78 is 10.3. The minimum absolute atomic E-state index is 0.280. The molecule has 0 aromatic heterocycles. The molecule has 112 valence electrons. The average Bonchev–Trinajstić information content (AvgIpc) is 2.42. The summed E-state index contributed by atoms with van der Waals surface area (Å²) in [6, 6.07) is 0.350. The van der Waals surface area contributed by atoms with E-state index in [0.29, 0.717) is 12.5 Å². The number of nitrogens with zero attached hydrogens (tertiary/aromatic N) is 1. The molecule has 0 saturated heterocycles. The van der Waals surface area contributed by atoms with Gasteiger partial charge in [-0.2, -0.15) is 0 Å². The Hall–Kier alpha value is -0.650. The van der Waals surface area contributed by atoms with Crippen LogP contribution < -0.4 is 5.73 Å². The SMILES string of the molecule is CCOCCN(CC)C1CCCC(N)(C(=O)OC)C1. The summed E-state index contributed by atoms with van der Waals surface area (Å²) in [5.41, 5.74) is 5.41. The second-order valence-electron chi connectivity index (χ2n) is 5.22. The van der Waals surface area contributed by atoms with E-state index in [0.717, 1.165) is 45.6 Å². The van der Waals surface area contributed by atoms with Crippen LogP contribution in [0.25, 0.3) is 0 Å². The van der Waals surface area contributed by atoms with Crippen molar-refractivity contribution in [3.05, 3.63) is 0 Å². The highest BCUT2D eigenvalue weighted by Crippen LogP contribution is 2.30. The third kappa shape index (κ3) is 4.44. The Morgan fingerprint density at radius 1 is 1.47 bits per heavy atom. The van der Waals surface area contributed by atoms with Crippen LogP contribution in [0.3, 0.4) is 0 Å². The number of nitrogens with two attached hydrogens (primary N) is 1. The van der Waals surface area contributed by atoms with Gasteiger partial charge in [-0.3, -0.25) is 9.69 Å². The minimum Gasteiger partial charge on any atom is -0.468 e. The molecule has 0 aromatic rings. The first-order valence-electron chi connectivity index (χ1n) is 7.26. The Morgan fingerprint density at radius 3 is 2.79 bits per heavy atom. The number of likely N-dealkylation sites (N-methyl/N-ethyl adjacent to an activating group) is 1. The van der Waals surface area contributed by atoms with E-state index in [-0.39, 0.29) is 5.97 Å². The Labute approximate surface area is 116 Å². The number of carbonyl (C=O) groups excluding carboxylic acids is 1. The number of rotatable bonds is 7. The van der Waals surface area contributed by atoms with Crippen LogP contribution in [0.15, 0.2) is 0 Å². The molecule has 0 amide bonds. The fourth-order valence-electron chi connectivity index (χ4n) is 2.90. The molecule has 2 atom stereocenters. The van der Waals surface area contributed by atoms with Crippen LogP contribution in [0.4, 0.5) is 0 Å². The number of carbonyl (C=O) groups is 1. The van der Waals surface area contributed by atoms with Gasteiger partial charge in [0.15, 0.2) is 0 Å². The van der Waals surface area contributed by atoms with E-state index in [1.165, 1.54) is 7.11 Å². The molecular weight excluding hydrogens is 244 g/mol. The zero-order valence-corrected chi connectivity index (χ0v) is 12.5. The van der Waals surface area contributed by atoms with Crippen LogP contribution in [0.1, 0.15) is 39.5 Å². The summed E-state index contributed by atoms with van der Waals surface area (Å²) in [6.45, 7) is 7.46. The number of methoxy groups -OCH3 is 1. The van der Waals surface area contributed by atoms with Crippen molar-refractivity contribution in [3.8, 4) is 0 Å². The molecule has 1 saturated carbocycles. The molecule has 5 heteroatoms. The molecule has 0 aliphatic heterocycles. The van der Waals surface area contributed by atoms with Crippen LogP contribution in [0.5, 0.6) is 0 Å². The van der Waals surface area contributed by atoms with E-state index in [9.17, 15) is 4.79 Å². The molecule has 2 N–H and O–H groups in total. The predicted octanol–water partition coefficient (Wildman–Crippen LogP) is 1.16. The van der Waals surface area contributed by atoms with Crippen molar-refractivity contribution in [1.82, 2.24) is 4.90 Å².